The van der Waals surface area contributed by atoms with Gasteiger partial charge in [-0.05, 0) is 48.2 Å². The molecule has 1 aliphatic rings. The van der Waals surface area contributed by atoms with Gasteiger partial charge in [0.05, 0.1) is 18.2 Å². The molecule has 0 saturated carbocycles. The molecule has 0 N–H and O–H groups in total. The van der Waals surface area contributed by atoms with Crippen molar-refractivity contribution >= 4 is 23.5 Å². The monoisotopic (exact) mass is 438 g/mol. The van der Waals surface area contributed by atoms with Gasteiger partial charge in [0.15, 0.2) is 0 Å². The zero-order valence-electron chi connectivity index (χ0n) is 17.6. The first-order chi connectivity index (χ1) is 14.9. The number of rotatable bonds is 5. The van der Waals surface area contributed by atoms with E-state index in [0.717, 1.165) is 35.2 Å². The van der Waals surface area contributed by atoms with Gasteiger partial charge in [-0.15, -0.1) is 0 Å². The minimum Gasteiger partial charge on any atom is -0.347 e. The first-order valence-corrected chi connectivity index (χ1v) is 10.6. The molecule has 5 nitrogen and oxygen atoms in total. The number of carbonyl (C=O) groups is 1. The van der Waals surface area contributed by atoms with E-state index in [4.69, 9.17) is 16.6 Å². The van der Waals surface area contributed by atoms with Gasteiger partial charge in [0.1, 0.15) is 5.82 Å². The minimum atomic E-state index is -0.306. The van der Waals surface area contributed by atoms with E-state index < -0.39 is 0 Å². The summed E-state index contributed by atoms with van der Waals surface area (Å²) in [5.74, 6) is 0.312. The number of halogens is 2. The summed E-state index contributed by atoms with van der Waals surface area (Å²) in [5, 5.41) is 0.660. The minimum absolute atomic E-state index is 0.0150. The predicted molar refractivity (Wildman–Crippen MR) is 121 cm³/mol. The normalized spacial score (nSPS) is 15.9. The van der Waals surface area contributed by atoms with Crippen LogP contribution in [-0.2, 0) is 11.2 Å². The lowest BCUT2D eigenvalue weighted by Gasteiger charge is -2.27. The molecule has 1 aliphatic heterocycles. The van der Waals surface area contributed by atoms with Crippen LogP contribution in [0.3, 0.4) is 0 Å². The lowest BCUT2D eigenvalue weighted by atomic mass is 9.99. The zero-order valence-corrected chi connectivity index (χ0v) is 18.3. The third-order valence-electron chi connectivity index (χ3n) is 5.52. The molecule has 31 heavy (non-hydrogen) atoms. The Morgan fingerprint density at radius 3 is 2.55 bits per heavy atom. The van der Waals surface area contributed by atoms with Crippen molar-refractivity contribution in [1.29, 1.82) is 0 Å². The van der Waals surface area contributed by atoms with Gasteiger partial charge in [0, 0.05) is 37.4 Å². The molecule has 1 amide bonds. The molecule has 0 aliphatic carbocycles. The molecule has 1 fully saturated rings. The first kappa shape index (κ1) is 21.2. The van der Waals surface area contributed by atoms with Crippen LogP contribution in [-0.4, -0.2) is 41.4 Å². The Hall–Kier alpha value is -2.99. The topological polar surface area (TPSA) is 49.3 Å². The summed E-state index contributed by atoms with van der Waals surface area (Å²) in [6.45, 7) is 0.673. The predicted octanol–water partition coefficient (Wildman–Crippen LogP) is 4.91. The summed E-state index contributed by atoms with van der Waals surface area (Å²) < 4.78 is 13.2. The summed E-state index contributed by atoms with van der Waals surface area (Å²) in [4.78, 5) is 26.2. The summed E-state index contributed by atoms with van der Waals surface area (Å²) in [6.07, 6.45) is 3.79. The van der Waals surface area contributed by atoms with Gasteiger partial charge in [-0.1, -0.05) is 35.9 Å². The van der Waals surface area contributed by atoms with Gasteiger partial charge in [-0.25, -0.2) is 14.4 Å². The van der Waals surface area contributed by atoms with Gasteiger partial charge in [-0.2, -0.15) is 0 Å². The molecule has 2 heterocycles. The van der Waals surface area contributed by atoms with E-state index in [0.29, 0.717) is 17.5 Å². The maximum absolute atomic E-state index is 13.2. The lowest BCUT2D eigenvalue weighted by Crippen LogP contribution is -2.32. The molecule has 160 valence electrons. The molecule has 1 atom stereocenters. The molecular formula is C24H24ClFN4O. The Morgan fingerprint density at radius 1 is 1.16 bits per heavy atom. The van der Waals surface area contributed by atoms with Crippen molar-refractivity contribution in [2.75, 3.05) is 25.5 Å². The van der Waals surface area contributed by atoms with Gasteiger partial charge < -0.3 is 9.80 Å². The van der Waals surface area contributed by atoms with Crippen LogP contribution in [0.2, 0.25) is 5.02 Å². The Morgan fingerprint density at radius 2 is 1.87 bits per heavy atom. The summed E-state index contributed by atoms with van der Waals surface area (Å²) in [5.41, 5.74) is 3.49. The van der Waals surface area contributed by atoms with E-state index in [1.54, 1.807) is 12.1 Å². The van der Waals surface area contributed by atoms with Gasteiger partial charge in [-0.3, -0.25) is 4.79 Å². The van der Waals surface area contributed by atoms with Crippen molar-refractivity contribution in [3.05, 3.63) is 76.8 Å². The van der Waals surface area contributed by atoms with E-state index in [-0.39, 0.29) is 24.2 Å². The van der Waals surface area contributed by atoms with E-state index in [2.05, 4.69) is 4.98 Å². The fourth-order valence-electron chi connectivity index (χ4n) is 3.93. The Bertz CT molecular complexity index is 1070. The standard InChI is InChI=1S/C24H24ClFN4O/c1-29(2)24-27-15-20(17-7-9-18(25)10-8-17)23(28-24)21-4-3-13-30(21)22(31)14-16-5-11-19(26)12-6-16/h5-12,15,21H,3-4,13-14H2,1-2H3. The smallest absolute Gasteiger partial charge is 0.227 e. The fourth-order valence-corrected chi connectivity index (χ4v) is 4.06. The maximum Gasteiger partial charge on any atom is 0.227 e. The second-order valence-corrected chi connectivity index (χ2v) is 8.36. The number of aromatic nitrogens is 2. The molecule has 1 saturated heterocycles. The van der Waals surface area contributed by atoms with Crippen LogP contribution in [0.1, 0.15) is 30.1 Å². The lowest BCUT2D eigenvalue weighted by molar-refractivity contribution is -0.131. The highest BCUT2D eigenvalue weighted by atomic mass is 35.5. The van der Waals surface area contributed by atoms with Crippen molar-refractivity contribution < 1.29 is 9.18 Å². The third-order valence-corrected chi connectivity index (χ3v) is 5.77. The molecule has 0 spiro atoms. The molecule has 1 aromatic heterocycles. The largest absolute Gasteiger partial charge is 0.347 e. The number of nitrogens with zero attached hydrogens (tertiary/aromatic N) is 4. The summed E-state index contributed by atoms with van der Waals surface area (Å²) >= 11 is 6.07. The molecule has 2 aromatic carbocycles. The van der Waals surface area contributed by atoms with Crippen molar-refractivity contribution in [2.45, 2.75) is 25.3 Å². The molecule has 0 radical (unpaired) electrons. The van der Waals surface area contributed by atoms with E-state index in [1.165, 1.54) is 12.1 Å². The number of benzene rings is 2. The molecule has 3 aromatic rings. The summed E-state index contributed by atoms with van der Waals surface area (Å²) in [6, 6.07) is 13.5. The molecule has 1 unspecified atom stereocenters. The molecular weight excluding hydrogens is 415 g/mol. The summed E-state index contributed by atoms with van der Waals surface area (Å²) in [7, 11) is 3.79. The van der Waals surface area contributed by atoms with Crippen molar-refractivity contribution in [2.24, 2.45) is 0 Å². The van der Waals surface area contributed by atoms with Crippen molar-refractivity contribution in [3.63, 3.8) is 0 Å². The highest BCUT2D eigenvalue weighted by molar-refractivity contribution is 6.30. The first-order valence-electron chi connectivity index (χ1n) is 10.3. The average Bonchev–Trinajstić information content (AvgIpc) is 3.25. The SMILES string of the molecule is CN(C)c1ncc(-c2ccc(Cl)cc2)c(C2CCCN2C(=O)Cc2ccc(F)cc2)n1. The number of amides is 1. The van der Waals surface area contributed by atoms with Crippen LogP contribution in [0.25, 0.3) is 11.1 Å². The van der Waals surface area contributed by atoms with Crippen LogP contribution in [0.15, 0.2) is 54.7 Å². The molecule has 0 bridgehead atoms. The Labute approximate surface area is 186 Å². The van der Waals surface area contributed by atoms with Crippen molar-refractivity contribution in [3.8, 4) is 11.1 Å². The maximum atomic E-state index is 13.2. The number of hydrogen-bond acceptors (Lipinski definition) is 4. The van der Waals surface area contributed by atoms with Crippen LogP contribution in [0, 0.1) is 5.82 Å². The van der Waals surface area contributed by atoms with Gasteiger partial charge in [0.25, 0.3) is 0 Å². The van der Waals surface area contributed by atoms with Crippen LogP contribution in [0.5, 0.6) is 0 Å². The van der Waals surface area contributed by atoms with E-state index in [1.807, 2.05) is 54.4 Å². The highest BCUT2D eigenvalue weighted by Gasteiger charge is 2.33. The van der Waals surface area contributed by atoms with E-state index >= 15 is 0 Å². The molecule has 7 heteroatoms. The average molecular weight is 439 g/mol. The fraction of sp³-hybridized carbons (Fsp3) is 0.292. The van der Waals surface area contributed by atoms with Crippen molar-refractivity contribution in [1.82, 2.24) is 14.9 Å². The van der Waals surface area contributed by atoms with Gasteiger partial charge >= 0.3 is 0 Å². The number of anilines is 1. The highest BCUT2D eigenvalue weighted by Crippen LogP contribution is 2.37. The second-order valence-electron chi connectivity index (χ2n) is 7.92. The second kappa shape index (κ2) is 9.02. The third kappa shape index (κ3) is 4.69. The Balaban J connectivity index is 1.68. The molecule has 4 rings (SSSR count). The van der Waals surface area contributed by atoms with Crippen LogP contribution >= 0.6 is 11.6 Å². The number of likely N-dealkylation sites (tertiary alicyclic amines) is 1. The number of carbonyl (C=O) groups excluding carboxylic acids is 1. The van der Waals surface area contributed by atoms with Crippen LogP contribution < -0.4 is 4.90 Å². The zero-order chi connectivity index (χ0) is 22.0. The Kier molecular flexibility index (Phi) is 6.18. The quantitative estimate of drug-likeness (QED) is 0.568. The number of hydrogen-bond donors (Lipinski definition) is 0. The van der Waals surface area contributed by atoms with E-state index in [9.17, 15) is 9.18 Å². The van der Waals surface area contributed by atoms with Gasteiger partial charge in [0.2, 0.25) is 11.9 Å². The van der Waals surface area contributed by atoms with Crippen LogP contribution in [0.4, 0.5) is 10.3 Å².